The Morgan fingerprint density at radius 1 is 1.33 bits per heavy atom. The molecule has 3 rings (SSSR count). The molecule has 1 aliphatic heterocycles. The second-order valence-electron chi connectivity index (χ2n) is 4.53. The number of rotatable bonds is 2. The number of aryl methyl sites for hydroxylation is 1. The van der Waals surface area contributed by atoms with Gasteiger partial charge >= 0.3 is 0 Å². The maximum atomic E-state index is 5.94. The van der Waals surface area contributed by atoms with Crippen LogP contribution in [-0.2, 0) is 0 Å². The van der Waals surface area contributed by atoms with Crippen LogP contribution in [0.2, 0.25) is 5.02 Å². The van der Waals surface area contributed by atoms with Crippen LogP contribution in [0.15, 0.2) is 24.3 Å². The predicted molar refractivity (Wildman–Crippen MR) is 75.4 cm³/mol. The molecular formula is C13H14ClN3S. The van der Waals surface area contributed by atoms with Gasteiger partial charge in [0.2, 0.25) is 5.13 Å². The Hall–Kier alpha value is -1.13. The van der Waals surface area contributed by atoms with Gasteiger partial charge in [0.25, 0.3) is 0 Å². The summed E-state index contributed by atoms with van der Waals surface area (Å²) in [5.74, 6) is 0.858. The number of hydrogen-bond acceptors (Lipinski definition) is 4. The molecule has 1 unspecified atom stereocenters. The van der Waals surface area contributed by atoms with Gasteiger partial charge < -0.3 is 4.90 Å². The molecule has 0 spiro atoms. The Balaban J connectivity index is 1.89. The lowest BCUT2D eigenvalue weighted by molar-refractivity contribution is 0.716. The summed E-state index contributed by atoms with van der Waals surface area (Å²) in [4.78, 5) is 6.85. The molecule has 0 bridgehead atoms. The van der Waals surface area contributed by atoms with Crippen LogP contribution in [-0.4, -0.2) is 15.9 Å². The molecule has 94 valence electrons. The maximum absolute atomic E-state index is 5.94. The van der Waals surface area contributed by atoms with E-state index in [0.29, 0.717) is 6.04 Å². The fourth-order valence-electron chi connectivity index (χ4n) is 2.43. The van der Waals surface area contributed by atoms with Gasteiger partial charge in [0.1, 0.15) is 5.82 Å². The second-order valence-corrected chi connectivity index (χ2v) is 5.69. The molecule has 1 aromatic heterocycles. The summed E-state index contributed by atoms with van der Waals surface area (Å²) in [6.07, 6.45) is 2.37. The standard InChI is InChI=1S/C13H14ClN3S/c1-9-15-13(18-16-9)17-8-2-3-12(17)10-4-6-11(14)7-5-10/h4-7,12H,2-3,8H2,1H3. The van der Waals surface area contributed by atoms with Crippen LogP contribution < -0.4 is 4.90 Å². The van der Waals surface area contributed by atoms with Gasteiger partial charge in [-0.15, -0.1) is 0 Å². The third kappa shape index (κ3) is 2.22. The Morgan fingerprint density at radius 2 is 2.11 bits per heavy atom. The van der Waals surface area contributed by atoms with Gasteiger partial charge in [-0.1, -0.05) is 23.7 Å². The van der Waals surface area contributed by atoms with E-state index in [4.69, 9.17) is 11.6 Å². The summed E-state index contributed by atoms with van der Waals surface area (Å²) < 4.78 is 4.27. The van der Waals surface area contributed by atoms with E-state index in [9.17, 15) is 0 Å². The zero-order valence-electron chi connectivity index (χ0n) is 10.1. The highest BCUT2D eigenvalue weighted by molar-refractivity contribution is 7.09. The molecule has 1 saturated heterocycles. The number of aromatic nitrogens is 2. The number of anilines is 1. The maximum Gasteiger partial charge on any atom is 0.205 e. The molecule has 1 aromatic carbocycles. The minimum absolute atomic E-state index is 0.412. The van der Waals surface area contributed by atoms with Gasteiger partial charge in [0, 0.05) is 23.1 Å². The van der Waals surface area contributed by atoms with Gasteiger partial charge in [-0.25, -0.2) is 4.98 Å². The smallest absolute Gasteiger partial charge is 0.205 e. The molecule has 5 heteroatoms. The number of halogens is 1. The normalized spacial score (nSPS) is 19.4. The monoisotopic (exact) mass is 279 g/mol. The highest BCUT2D eigenvalue weighted by atomic mass is 35.5. The molecule has 0 aliphatic carbocycles. The molecule has 2 heterocycles. The van der Waals surface area contributed by atoms with E-state index < -0.39 is 0 Å². The fourth-order valence-corrected chi connectivity index (χ4v) is 3.31. The first-order chi connectivity index (χ1) is 8.74. The minimum Gasteiger partial charge on any atom is -0.340 e. The van der Waals surface area contributed by atoms with E-state index in [1.54, 1.807) is 0 Å². The summed E-state index contributed by atoms with van der Waals surface area (Å²) in [7, 11) is 0. The molecule has 1 atom stereocenters. The van der Waals surface area contributed by atoms with Crippen molar-refractivity contribution in [1.82, 2.24) is 9.36 Å². The Bertz CT molecular complexity index is 537. The highest BCUT2D eigenvalue weighted by Crippen LogP contribution is 2.36. The van der Waals surface area contributed by atoms with E-state index >= 15 is 0 Å². The zero-order valence-corrected chi connectivity index (χ0v) is 11.7. The molecule has 0 N–H and O–H groups in total. The highest BCUT2D eigenvalue weighted by Gasteiger charge is 2.28. The third-order valence-electron chi connectivity index (χ3n) is 3.27. The molecule has 1 aliphatic rings. The van der Waals surface area contributed by atoms with Crippen LogP contribution >= 0.6 is 23.1 Å². The van der Waals surface area contributed by atoms with Crippen molar-refractivity contribution in [2.75, 3.05) is 11.4 Å². The first-order valence-electron chi connectivity index (χ1n) is 6.06. The van der Waals surface area contributed by atoms with E-state index in [-0.39, 0.29) is 0 Å². The van der Waals surface area contributed by atoms with Crippen LogP contribution in [0.4, 0.5) is 5.13 Å². The molecular weight excluding hydrogens is 266 g/mol. The summed E-state index contributed by atoms with van der Waals surface area (Å²) in [6, 6.07) is 8.55. The minimum atomic E-state index is 0.412. The van der Waals surface area contributed by atoms with Gasteiger partial charge in [-0.3, -0.25) is 0 Å². The molecule has 0 radical (unpaired) electrons. The van der Waals surface area contributed by atoms with Crippen LogP contribution in [0.25, 0.3) is 0 Å². The summed E-state index contributed by atoms with van der Waals surface area (Å²) in [5.41, 5.74) is 1.31. The second kappa shape index (κ2) is 4.86. The Labute approximate surface area is 116 Å². The Kier molecular flexibility index (Phi) is 3.22. The molecule has 18 heavy (non-hydrogen) atoms. The van der Waals surface area contributed by atoms with Crippen molar-refractivity contribution in [3.63, 3.8) is 0 Å². The van der Waals surface area contributed by atoms with Crippen LogP contribution in [0, 0.1) is 6.92 Å². The van der Waals surface area contributed by atoms with Crippen LogP contribution in [0.1, 0.15) is 30.3 Å². The number of nitrogens with zero attached hydrogens (tertiary/aromatic N) is 3. The van der Waals surface area contributed by atoms with Crippen molar-refractivity contribution in [2.45, 2.75) is 25.8 Å². The molecule has 3 nitrogen and oxygen atoms in total. The predicted octanol–water partition coefficient (Wildman–Crippen LogP) is 3.84. The quantitative estimate of drug-likeness (QED) is 0.836. The Morgan fingerprint density at radius 3 is 2.78 bits per heavy atom. The lowest BCUT2D eigenvalue weighted by Crippen LogP contribution is -2.22. The van der Waals surface area contributed by atoms with Crippen molar-refractivity contribution >= 4 is 28.3 Å². The summed E-state index contributed by atoms with van der Waals surface area (Å²) in [5, 5.41) is 1.82. The van der Waals surface area contributed by atoms with Gasteiger partial charge in [0.15, 0.2) is 0 Å². The zero-order chi connectivity index (χ0) is 12.5. The van der Waals surface area contributed by atoms with E-state index in [2.05, 4.69) is 26.4 Å². The number of hydrogen-bond donors (Lipinski definition) is 0. The average molecular weight is 280 g/mol. The average Bonchev–Trinajstić information content (AvgIpc) is 2.98. The lowest BCUT2D eigenvalue weighted by Gasteiger charge is -2.23. The topological polar surface area (TPSA) is 29.0 Å². The summed E-state index contributed by atoms with van der Waals surface area (Å²) >= 11 is 7.43. The molecule has 2 aromatic rings. The first-order valence-corrected chi connectivity index (χ1v) is 7.21. The molecule has 0 saturated carbocycles. The SMILES string of the molecule is Cc1nsc(N2CCCC2c2ccc(Cl)cc2)n1. The van der Waals surface area contributed by atoms with Crippen molar-refractivity contribution < 1.29 is 0 Å². The fraction of sp³-hybridized carbons (Fsp3) is 0.385. The van der Waals surface area contributed by atoms with Crippen LogP contribution in [0.3, 0.4) is 0 Å². The van der Waals surface area contributed by atoms with Gasteiger partial charge in [-0.2, -0.15) is 4.37 Å². The molecule has 1 fully saturated rings. The van der Waals surface area contributed by atoms with E-state index in [1.807, 2.05) is 19.1 Å². The third-order valence-corrected chi connectivity index (χ3v) is 4.37. The largest absolute Gasteiger partial charge is 0.340 e. The van der Waals surface area contributed by atoms with Crippen molar-refractivity contribution in [3.05, 3.63) is 40.7 Å². The first kappa shape index (κ1) is 11.9. The van der Waals surface area contributed by atoms with Crippen LogP contribution in [0.5, 0.6) is 0 Å². The van der Waals surface area contributed by atoms with Crippen molar-refractivity contribution in [3.8, 4) is 0 Å². The lowest BCUT2D eigenvalue weighted by atomic mass is 10.1. The number of benzene rings is 1. The van der Waals surface area contributed by atoms with E-state index in [0.717, 1.165) is 22.5 Å². The van der Waals surface area contributed by atoms with Crippen molar-refractivity contribution in [2.24, 2.45) is 0 Å². The molecule has 0 amide bonds. The van der Waals surface area contributed by atoms with E-state index in [1.165, 1.54) is 29.9 Å². The summed E-state index contributed by atoms with van der Waals surface area (Å²) in [6.45, 7) is 3.00. The van der Waals surface area contributed by atoms with Gasteiger partial charge in [0.05, 0.1) is 6.04 Å². The van der Waals surface area contributed by atoms with Gasteiger partial charge in [-0.05, 0) is 37.5 Å². The van der Waals surface area contributed by atoms with Crippen molar-refractivity contribution in [1.29, 1.82) is 0 Å².